The number of aryl methyl sites for hydroxylation is 1. The van der Waals surface area contributed by atoms with Gasteiger partial charge in [0.1, 0.15) is 17.8 Å². The van der Waals surface area contributed by atoms with E-state index >= 15 is 0 Å². The molecule has 1 aliphatic heterocycles. The largest absolute Gasteiger partial charge is 0.376 e. The van der Waals surface area contributed by atoms with Gasteiger partial charge in [0.2, 0.25) is 0 Å². The zero-order valence-electron chi connectivity index (χ0n) is 14.0. The van der Waals surface area contributed by atoms with E-state index in [2.05, 4.69) is 20.3 Å². The lowest BCUT2D eigenvalue weighted by atomic mass is 10.0. The number of nitrogens with one attached hydrogen (secondary N) is 1. The molecule has 4 rings (SSSR count). The van der Waals surface area contributed by atoms with Gasteiger partial charge in [0.15, 0.2) is 0 Å². The Morgan fingerprint density at radius 3 is 3.00 bits per heavy atom. The van der Waals surface area contributed by atoms with Crippen LogP contribution in [0, 0.1) is 0 Å². The number of hydrogen-bond donors (Lipinski definition) is 1. The van der Waals surface area contributed by atoms with Gasteiger partial charge in [-0.05, 0) is 25.2 Å². The quantitative estimate of drug-likeness (QED) is 0.885. The smallest absolute Gasteiger partial charge is 0.272 e. The summed E-state index contributed by atoms with van der Waals surface area (Å²) < 4.78 is 7.53. The van der Waals surface area contributed by atoms with Crippen molar-refractivity contribution < 1.29 is 9.53 Å². The summed E-state index contributed by atoms with van der Waals surface area (Å²) in [5, 5.41) is 11.1. The number of carbonyl (C=O) groups excluding carboxylic acids is 1. The molecule has 1 saturated heterocycles. The molecule has 1 amide bonds. The van der Waals surface area contributed by atoms with E-state index in [1.54, 1.807) is 9.58 Å². The van der Waals surface area contributed by atoms with Crippen molar-refractivity contribution in [1.82, 2.24) is 29.9 Å². The summed E-state index contributed by atoms with van der Waals surface area (Å²) in [5.74, 6) is 1.48. The van der Waals surface area contributed by atoms with Crippen LogP contribution in [0.15, 0.2) is 12.5 Å². The van der Waals surface area contributed by atoms with E-state index in [9.17, 15) is 4.79 Å². The summed E-state index contributed by atoms with van der Waals surface area (Å²) in [5.41, 5.74) is 1.78. The van der Waals surface area contributed by atoms with Crippen molar-refractivity contribution in [3.8, 4) is 0 Å². The molecule has 2 atom stereocenters. The Labute approximate surface area is 140 Å². The van der Waals surface area contributed by atoms with Crippen LogP contribution >= 0.6 is 0 Å². The molecule has 2 aliphatic rings. The van der Waals surface area contributed by atoms with E-state index < -0.39 is 0 Å². The van der Waals surface area contributed by atoms with Crippen LogP contribution in [0.4, 0.5) is 0 Å². The van der Waals surface area contributed by atoms with Gasteiger partial charge in [0, 0.05) is 38.7 Å². The molecule has 1 N–H and O–H groups in total. The fourth-order valence-corrected chi connectivity index (χ4v) is 3.48. The molecule has 2 fully saturated rings. The Morgan fingerprint density at radius 2 is 2.29 bits per heavy atom. The van der Waals surface area contributed by atoms with E-state index in [0.717, 1.165) is 30.7 Å². The monoisotopic (exact) mass is 330 g/mol. The maximum Gasteiger partial charge on any atom is 0.272 e. The molecule has 1 aliphatic carbocycles. The molecule has 8 heteroatoms. The second kappa shape index (κ2) is 6.01. The highest BCUT2D eigenvalue weighted by atomic mass is 16.5. The summed E-state index contributed by atoms with van der Waals surface area (Å²) in [6.45, 7) is 1.20. The highest BCUT2D eigenvalue weighted by Gasteiger charge is 2.36. The topological polar surface area (TPSA) is 88.9 Å². The van der Waals surface area contributed by atoms with Crippen LogP contribution in [0.2, 0.25) is 0 Å². The van der Waals surface area contributed by atoms with Crippen LogP contribution in [0.3, 0.4) is 0 Å². The third-order valence-electron chi connectivity index (χ3n) is 4.98. The molecular formula is C16H22N6O2. The lowest BCUT2D eigenvalue weighted by Gasteiger charge is -2.24. The molecule has 3 heterocycles. The molecule has 0 radical (unpaired) electrons. The van der Waals surface area contributed by atoms with E-state index in [-0.39, 0.29) is 17.9 Å². The van der Waals surface area contributed by atoms with Crippen LogP contribution in [-0.4, -0.2) is 62.1 Å². The Hall–Kier alpha value is -2.22. The van der Waals surface area contributed by atoms with Gasteiger partial charge in [0.05, 0.1) is 12.3 Å². The Bertz CT molecular complexity index is 721. The van der Waals surface area contributed by atoms with Crippen molar-refractivity contribution in [2.75, 3.05) is 20.2 Å². The van der Waals surface area contributed by atoms with Crippen LogP contribution in [-0.2, 0) is 11.8 Å². The lowest BCUT2D eigenvalue weighted by molar-refractivity contribution is 0.0542. The number of rotatable bonds is 5. The highest BCUT2D eigenvalue weighted by molar-refractivity contribution is 5.94. The maximum atomic E-state index is 12.9. The number of H-pyrrole nitrogens is 1. The van der Waals surface area contributed by atoms with Gasteiger partial charge >= 0.3 is 0 Å². The molecule has 8 nitrogen and oxygen atoms in total. The summed E-state index contributed by atoms with van der Waals surface area (Å²) in [7, 11) is 3.65. The summed E-state index contributed by atoms with van der Waals surface area (Å²) >= 11 is 0. The molecule has 0 bridgehead atoms. The van der Waals surface area contributed by atoms with Crippen LogP contribution in [0.25, 0.3) is 0 Å². The van der Waals surface area contributed by atoms with Crippen molar-refractivity contribution in [1.29, 1.82) is 0 Å². The van der Waals surface area contributed by atoms with Crippen molar-refractivity contribution in [2.24, 2.45) is 7.05 Å². The van der Waals surface area contributed by atoms with Crippen molar-refractivity contribution in [3.05, 3.63) is 29.6 Å². The third kappa shape index (κ3) is 2.71. The van der Waals surface area contributed by atoms with Crippen LogP contribution in [0.5, 0.6) is 0 Å². The van der Waals surface area contributed by atoms with Gasteiger partial charge in [-0.15, -0.1) is 0 Å². The second-order valence-electron chi connectivity index (χ2n) is 6.71. The standard InChI is InChI=1S/C16H22N6O2/c1-21(8-13-11(5-6-24-13)15-17-9-18-20-15)16(23)14-12(10-3-4-10)7-19-22(14)2/h7,9-11,13H,3-6,8H2,1-2H3,(H,17,18,20)/t11-,13-/m1/s1. The number of aromatic nitrogens is 5. The zero-order valence-corrected chi connectivity index (χ0v) is 14.0. The normalized spacial score (nSPS) is 23.6. The first-order valence-electron chi connectivity index (χ1n) is 8.39. The van der Waals surface area contributed by atoms with Crippen LogP contribution in [0.1, 0.15) is 53.0 Å². The minimum atomic E-state index is -0.0653. The van der Waals surface area contributed by atoms with Gasteiger partial charge in [-0.2, -0.15) is 10.2 Å². The third-order valence-corrected chi connectivity index (χ3v) is 4.98. The van der Waals surface area contributed by atoms with Crippen molar-refractivity contribution in [2.45, 2.75) is 37.2 Å². The van der Waals surface area contributed by atoms with Crippen LogP contribution < -0.4 is 0 Å². The van der Waals surface area contributed by atoms with E-state index in [1.165, 1.54) is 6.33 Å². The molecule has 0 unspecified atom stereocenters. The van der Waals surface area contributed by atoms with Gasteiger partial charge in [-0.1, -0.05) is 0 Å². The molecule has 1 saturated carbocycles. The number of hydrogen-bond acceptors (Lipinski definition) is 5. The predicted molar refractivity (Wildman–Crippen MR) is 85.6 cm³/mol. The van der Waals surface area contributed by atoms with E-state index in [1.807, 2.05) is 20.3 Å². The number of nitrogens with zero attached hydrogens (tertiary/aromatic N) is 5. The van der Waals surface area contributed by atoms with Gasteiger partial charge in [0.25, 0.3) is 5.91 Å². The van der Waals surface area contributed by atoms with Gasteiger partial charge < -0.3 is 9.64 Å². The average molecular weight is 330 g/mol. The number of ether oxygens (including phenoxy) is 1. The number of amides is 1. The molecule has 24 heavy (non-hydrogen) atoms. The second-order valence-corrected chi connectivity index (χ2v) is 6.71. The Morgan fingerprint density at radius 1 is 1.46 bits per heavy atom. The molecular weight excluding hydrogens is 308 g/mol. The average Bonchev–Trinajstić information content (AvgIpc) is 2.98. The van der Waals surface area contributed by atoms with E-state index in [4.69, 9.17) is 4.74 Å². The summed E-state index contributed by atoms with van der Waals surface area (Å²) in [4.78, 5) is 18.9. The molecule has 0 aromatic carbocycles. The fraction of sp³-hybridized carbons (Fsp3) is 0.625. The number of likely N-dealkylation sites (N-methyl/N-ethyl adjacent to an activating group) is 1. The predicted octanol–water partition coefficient (Wildman–Crippen LogP) is 1.06. The molecule has 2 aromatic rings. The first-order chi connectivity index (χ1) is 11.6. The van der Waals surface area contributed by atoms with Crippen molar-refractivity contribution >= 4 is 5.91 Å². The van der Waals surface area contributed by atoms with Gasteiger partial charge in [-0.25, -0.2) is 4.98 Å². The minimum absolute atomic E-state index is 0.00344. The zero-order chi connectivity index (χ0) is 16.7. The van der Waals surface area contributed by atoms with Crippen molar-refractivity contribution in [3.63, 3.8) is 0 Å². The summed E-state index contributed by atoms with van der Waals surface area (Å²) in [6, 6.07) is 0. The molecule has 2 aromatic heterocycles. The Kier molecular flexibility index (Phi) is 3.84. The lowest BCUT2D eigenvalue weighted by Crippen LogP contribution is -2.37. The maximum absolute atomic E-state index is 12.9. The number of aromatic amines is 1. The first kappa shape index (κ1) is 15.3. The Balaban J connectivity index is 1.49. The SMILES string of the molecule is CN(C[C@H]1OCC[C@H]1c1ncn[nH]1)C(=O)c1c(C2CC2)cnn1C. The molecule has 128 valence electrons. The van der Waals surface area contributed by atoms with Gasteiger partial charge in [-0.3, -0.25) is 14.6 Å². The number of carbonyl (C=O) groups is 1. The fourth-order valence-electron chi connectivity index (χ4n) is 3.48. The summed E-state index contributed by atoms with van der Waals surface area (Å²) in [6.07, 6.45) is 6.47. The minimum Gasteiger partial charge on any atom is -0.376 e. The molecule has 0 spiro atoms. The van der Waals surface area contributed by atoms with E-state index in [0.29, 0.717) is 24.8 Å². The first-order valence-corrected chi connectivity index (χ1v) is 8.39. The highest BCUT2D eigenvalue weighted by Crippen LogP contribution is 2.41.